The highest BCUT2D eigenvalue weighted by Gasteiger charge is 2.42. The highest BCUT2D eigenvalue weighted by atomic mass is 16.7. The zero-order valence-electron chi connectivity index (χ0n) is 19.3. The molecule has 1 aliphatic carbocycles. The summed E-state index contributed by atoms with van der Waals surface area (Å²) in [5.74, 6) is 1.92. The molecule has 4 heterocycles. The fourth-order valence-electron chi connectivity index (χ4n) is 5.16. The lowest BCUT2D eigenvalue weighted by Gasteiger charge is -2.31. The van der Waals surface area contributed by atoms with Crippen molar-refractivity contribution in [2.45, 2.75) is 50.7 Å². The number of oxazole rings is 1. The molecule has 0 atom stereocenters. The normalized spacial score (nSPS) is 19.0. The fourth-order valence-corrected chi connectivity index (χ4v) is 5.16. The number of ether oxygens (including phenoxy) is 2. The second-order valence-electron chi connectivity index (χ2n) is 9.35. The van der Waals surface area contributed by atoms with Crippen molar-refractivity contribution < 1.29 is 23.1 Å². The third-order valence-corrected chi connectivity index (χ3v) is 7.02. The molecule has 1 saturated heterocycles. The summed E-state index contributed by atoms with van der Waals surface area (Å²) in [5.41, 5.74) is 0.924. The molecule has 0 unspecified atom stereocenters. The van der Waals surface area contributed by atoms with Gasteiger partial charge in [0.1, 0.15) is 6.07 Å². The predicted molar refractivity (Wildman–Crippen MR) is 126 cm³/mol. The summed E-state index contributed by atoms with van der Waals surface area (Å²) in [7, 11) is 0. The van der Waals surface area contributed by atoms with Crippen LogP contribution < -0.4 is 19.7 Å². The molecule has 0 radical (unpaired) electrons. The minimum Gasteiger partial charge on any atom is -0.459 e. The maximum absolute atomic E-state index is 13.0. The first-order valence-electron chi connectivity index (χ1n) is 12.2. The number of nitriles is 1. The molecule has 2 fully saturated rings. The molecule has 1 aromatic carbocycles. The number of piperidine rings is 1. The van der Waals surface area contributed by atoms with Gasteiger partial charge in [0.25, 0.3) is 11.7 Å². The van der Waals surface area contributed by atoms with Gasteiger partial charge in [0, 0.05) is 43.6 Å². The van der Waals surface area contributed by atoms with Gasteiger partial charge in [-0.3, -0.25) is 4.79 Å². The Labute approximate surface area is 202 Å². The highest BCUT2D eigenvalue weighted by Crippen LogP contribution is 2.46. The summed E-state index contributed by atoms with van der Waals surface area (Å²) in [6.45, 7) is 1.17. The van der Waals surface area contributed by atoms with Gasteiger partial charge in [-0.2, -0.15) is 10.2 Å². The Morgan fingerprint density at radius 1 is 1.11 bits per heavy atom. The van der Waals surface area contributed by atoms with Crippen LogP contribution in [-0.4, -0.2) is 29.8 Å². The van der Waals surface area contributed by atoms with E-state index in [-0.39, 0.29) is 23.4 Å². The molecule has 1 N–H and O–H groups in total. The fraction of sp³-hybridized carbons (Fsp3) is 0.423. The molecule has 2 aromatic heterocycles. The van der Waals surface area contributed by atoms with Gasteiger partial charge < -0.3 is 28.5 Å². The number of anilines is 2. The molecule has 1 spiro atoms. The Bertz CT molecular complexity index is 1260. The van der Waals surface area contributed by atoms with Crippen LogP contribution in [0.15, 0.2) is 45.4 Å². The molecule has 9 nitrogen and oxygen atoms in total. The zero-order valence-corrected chi connectivity index (χ0v) is 19.3. The number of carbonyl (C=O) groups excluding carboxylic acids is 1. The second-order valence-corrected chi connectivity index (χ2v) is 9.35. The van der Waals surface area contributed by atoms with E-state index < -0.39 is 5.79 Å². The maximum Gasteiger partial charge on any atom is 0.266 e. The summed E-state index contributed by atoms with van der Waals surface area (Å²) in [6.07, 6.45) is 8.01. The van der Waals surface area contributed by atoms with E-state index in [0.717, 1.165) is 31.4 Å². The first-order valence-corrected chi connectivity index (χ1v) is 12.2. The Morgan fingerprint density at radius 2 is 1.91 bits per heavy atom. The molecule has 35 heavy (non-hydrogen) atoms. The predicted octanol–water partition coefficient (Wildman–Crippen LogP) is 5.09. The van der Waals surface area contributed by atoms with E-state index in [0.29, 0.717) is 49.0 Å². The van der Waals surface area contributed by atoms with E-state index in [2.05, 4.69) is 16.4 Å². The van der Waals surface area contributed by atoms with Crippen molar-refractivity contribution in [2.24, 2.45) is 5.92 Å². The van der Waals surface area contributed by atoms with E-state index in [4.69, 9.17) is 18.3 Å². The highest BCUT2D eigenvalue weighted by molar-refractivity contribution is 5.93. The first-order chi connectivity index (χ1) is 17.1. The molecule has 180 valence electrons. The van der Waals surface area contributed by atoms with E-state index in [1.807, 2.05) is 23.1 Å². The minimum absolute atomic E-state index is 0.0229. The number of aromatic nitrogens is 1. The lowest BCUT2D eigenvalue weighted by molar-refractivity contribution is -0.120. The Balaban J connectivity index is 1.08. The minimum atomic E-state index is -0.532. The molecule has 3 aromatic rings. The molecular weight excluding hydrogens is 448 g/mol. The molecule has 2 aliphatic heterocycles. The van der Waals surface area contributed by atoms with Crippen molar-refractivity contribution in [2.75, 3.05) is 23.3 Å². The third kappa shape index (κ3) is 4.09. The monoisotopic (exact) mass is 474 g/mol. The average Bonchev–Trinajstić information content (AvgIpc) is 3.62. The third-order valence-electron chi connectivity index (χ3n) is 7.02. The summed E-state index contributed by atoms with van der Waals surface area (Å²) in [5, 5.41) is 12.5. The lowest BCUT2D eigenvalue weighted by Crippen LogP contribution is -2.40. The largest absolute Gasteiger partial charge is 0.459 e. The number of hydrogen-bond acceptors (Lipinski definition) is 8. The maximum atomic E-state index is 13.0. The first kappa shape index (κ1) is 21.6. The Hall–Kier alpha value is -3.93. The van der Waals surface area contributed by atoms with Crippen molar-refractivity contribution in [3.63, 3.8) is 0 Å². The van der Waals surface area contributed by atoms with Crippen LogP contribution in [0.25, 0.3) is 11.7 Å². The summed E-state index contributed by atoms with van der Waals surface area (Å²) >= 11 is 0. The van der Waals surface area contributed by atoms with Crippen LogP contribution in [0.5, 0.6) is 11.5 Å². The average molecular weight is 475 g/mol. The summed E-state index contributed by atoms with van der Waals surface area (Å²) in [6, 6.07) is 11.2. The van der Waals surface area contributed by atoms with Crippen LogP contribution in [0.1, 0.15) is 50.6 Å². The molecule has 1 saturated carbocycles. The van der Waals surface area contributed by atoms with Crippen LogP contribution in [0.4, 0.5) is 11.6 Å². The van der Waals surface area contributed by atoms with Gasteiger partial charge in [-0.25, -0.2) is 0 Å². The molecule has 1 amide bonds. The Kier molecular flexibility index (Phi) is 5.36. The van der Waals surface area contributed by atoms with Crippen LogP contribution >= 0.6 is 0 Å². The van der Waals surface area contributed by atoms with E-state index in [9.17, 15) is 10.1 Å². The van der Waals surface area contributed by atoms with Crippen LogP contribution in [0.3, 0.4) is 0 Å². The standard InChI is InChI=1S/C26H26N4O5/c27-16-19-25(33-24(29-19)21-5-4-14-32-21)30-12-8-17(9-13-30)23(31)28-18-6-7-20-22(15-18)35-26(34-20)10-2-1-3-11-26/h4-7,14-15,17H,1-3,8-13H2,(H,28,31). The molecule has 9 heteroatoms. The SMILES string of the molecule is N#Cc1nc(-c2ccco2)oc1N1CCC(C(=O)Nc2ccc3c(c2)OC2(CCCCC2)O3)CC1. The Morgan fingerprint density at radius 3 is 2.66 bits per heavy atom. The van der Waals surface area contributed by atoms with Gasteiger partial charge in [0.15, 0.2) is 17.3 Å². The number of fused-ring (bicyclic) bond motifs is 1. The second kappa shape index (κ2) is 8.69. The van der Waals surface area contributed by atoms with E-state index >= 15 is 0 Å². The van der Waals surface area contributed by atoms with Crippen LogP contribution in [0, 0.1) is 17.2 Å². The van der Waals surface area contributed by atoms with E-state index in [1.165, 1.54) is 12.7 Å². The number of carbonyl (C=O) groups is 1. The van der Waals surface area contributed by atoms with E-state index in [1.54, 1.807) is 12.1 Å². The van der Waals surface area contributed by atoms with Gasteiger partial charge in [-0.15, -0.1) is 0 Å². The number of nitrogens with one attached hydrogen (secondary N) is 1. The number of nitrogens with zero attached hydrogens (tertiary/aromatic N) is 3. The smallest absolute Gasteiger partial charge is 0.266 e. The summed E-state index contributed by atoms with van der Waals surface area (Å²) in [4.78, 5) is 19.2. The van der Waals surface area contributed by atoms with Crippen molar-refractivity contribution >= 4 is 17.5 Å². The van der Waals surface area contributed by atoms with Crippen molar-refractivity contribution in [1.29, 1.82) is 5.26 Å². The van der Waals surface area contributed by atoms with Gasteiger partial charge in [0.05, 0.1) is 6.26 Å². The quantitative estimate of drug-likeness (QED) is 0.556. The molecule has 0 bridgehead atoms. The van der Waals surface area contributed by atoms with Gasteiger partial charge in [0.2, 0.25) is 17.5 Å². The molecule has 3 aliphatic rings. The topological polar surface area (TPSA) is 114 Å². The number of hydrogen-bond donors (Lipinski definition) is 1. The number of rotatable bonds is 4. The van der Waals surface area contributed by atoms with Crippen molar-refractivity contribution in [3.8, 4) is 29.2 Å². The van der Waals surface area contributed by atoms with Gasteiger partial charge in [-0.1, -0.05) is 6.42 Å². The van der Waals surface area contributed by atoms with Crippen LogP contribution in [0.2, 0.25) is 0 Å². The van der Waals surface area contributed by atoms with Gasteiger partial charge >= 0.3 is 0 Å². The van der Waals surface area contributed by atoms with Gasteiger partial charge in [-0.05, 0) is 49.9 Å². The zero-order chi connectivity index (χ0) is 23.8. The lowest BCUT2D eigenvalue weighted by atomic mass is 9.94. The van der Waals surface area contributed by atoms with Crippen molar-refractivity contribution in [1.82, 2.24) is 4.98 Å². The summed E-state index contributed by atoms with van der Waals surface area (Å²) < 4.78 is 23.5. The molecule has 6 rings (SSSR count). The number of benzene rings is 1. The van der Waals surface area contributed by atoms with Crippen molar-refractivity contribution in [3.05, 3.63) is 42.3 Å². The molecular formula is C26H26N4O5. The number of furan rings is 1. The van der Waals surface area contributed by atoms with Crippen LogP contribution in [-0.2, 0) is 4.79 Å². The number of amides is 1.